The zero-order valence-electron chi connectivity index (χ0n) is 11.0. The lowest BCUT2D eigenvalue weighted by atomic mass is 10.00. The molecule has 1 aromatic carbocycles. The van der Waals surface area contributed by atoms with Crippen molar-refractivity contribution in [3.8, 4) is 0 Å². The Morgan fingerprint density at radius 2 is 1.95 bits per heavy atom. The summed E-state index contributed by atoms with van der Waals surface area (Å²) in [7, 11) is 1.64. The normalized spacial score (nSPS) is 10.9. The number of fused-ring (bicyclic) bond motifs is 1. The summed E-state index contributed by atoms with van der Waals surface area (Å²) in [6.45, 7) is 3.62. The first-order valence-corrected chi connectivity index (χ1v) is 6.21. The molecule has 0 aliphatic heterocycles. The number of rotatable bonds is 2. The fourth-order valence-electron chi connectivity index (χ4n) is 2.40. The zero-order valence-corrected chi connectivity index (χ0v) is 11.7. The lowest BCUT2D eigenvalue weighted by Gasteiger charge is -2.14. The smallest absolute Gasteiger partial charge is 0.308 e. The van der Waals surface area contributed by atoms with Gasteiger partial charge in [0.2, 0.25) is 0 Å². The summed E-state index contributed by atoms with van der Waals surface area (Å²) in [6, 6.07) is 3.59. The third kappa shape index (κ3) is 2.12. The first-order chi connectivity index (χ1) is 8.84. The second-order valence-electron chi connectivity index (χ2n) is 4.61. The molecule has 2 rings (SSSR count). The molecule has 0 spiro atoms. The van der Waals surface area contributed by atoms with Gasteiger partial charge in [-0.05, 0) is 31.0 Å². The maximum atomic E-state index is 12.3. The van der Waals surface area contributed by atoms with Crippen molar-refractivity contribution >= 4 is 28.5 Å². The Morgan fingerprint density at radius 1 is 1.32 bits per heavy atom. The number of aryl methyl sites for hydroxylation is 3. The molecule has 0 atom stereocenters. The molecule has 0 fully saturated rings. The van der Waals surface area contributed by atoms with Gasteiger partial charge < -0.3 is 9.67 Å². The van der Waals surface area contributed by atoms with E-state index in [4.69, 9.17) is 16.7 Å². The average Bonchev–Trinajstić information content (AvgIpc) is 2.35. The van der Waals surface area contributed by atoms with Crippen LogP contribution in [-0.4, -0.2) is 15.6 Å². The van der Waals surface area contributed by atoms with Crippen LogP contribution < -0.4 is 5.56 Å². The summed E-state index contributed by atoms with van der Waals surface area (Å²) >= 11 is 6.08. The second kappa shape index (κ2) is 4.70. The Kier molecular flexibility index (Phi) is 3.37. The predicted octanol–water partition coefficient (Wildman–Crippen LogP) is 2.44. The Bertz CT molecular complexity index is 747. The van der Waals surface area contributed by atoms with E-state index < -0.39 is 5.97 Å². The molecule has 0 saturated heterocycles. The molecular formula is C14H14ClNO3. The minimum absolute atomic E-state index is 0.268. The van der Waals surface area contributed by atoms with Crippen LogP contribution in [0.25, 0.3) is 10.9 Å². The molecule has 2 aromatic rings. The number of benzene rings is 1. The Hall–Kier alpha value is -1.81. The van der Waals surface area contributed by atoms with Gasteiger partial charge in [-0.1, -0.05) is 17.7 Å². The second-order valence-corrected chi connectivity index (χ2v) is 5.01. The number of hydrogen-bond acceptors (Lipinski definition) is 2. The predicted molar refractivity (Wildman–Crippen MR) is 75.0 cm³/mol. The van der Waals surface area contributed by atoms with Crippen LogP contribution >= 0.6 is 11.6 Å². The first kappa shape index (κ1) is 13.6. The number of hydrogen-bond donors (Lipinski definition) is 1. The van der Waals surface area contributed by atoms with Crippen molar-refractivity contribution in [3.05, 3.63) is 44.2 Å². The molecule has 1 aromatic heterocycles. The standard InChI is InChI=1S/C14H14ClNO3/c1-7-9-4-5-11(15)8(2)13(9)16(3)14(19)10(7)6-12(17)18/h4-5H,6H2,1-3H3,(H,17,18). The monoisotopic (exact) mass is 279 g/mol. The average molecular weight is 280 g/mol. The molecule has 100 valence electrons. The van der Waals surface area contributed by atoms with E-state index in [1.165, 1.54) is 4.57 Å². The lowest BCUT2D eigenvalue weighted by molar-refractivity contribution is -0.136. The van der Waals surface area contributed by atoms with E-state index in [1.807, 2.05) is 13.0 Å². The van der Waals surface area contributed by atoms with Crippen molar-refractivity contribution in [2.45, 2.75) is 20.3 Å². The topological polar surface area (TPSA) is 59.3 Å². The summed E-state index contributed by atoms with van der Waals surface area (Å²) < 4.78 is 1.47. The van der Waals surface area contributed by atoms with Crippen LogP contribution in [0.5, 0.6) is 0 Å². The summed E-state index contributed by atoms with van der Waals surface area (Å²) in [5.74, 6) is -1.01. The number of aromatic nitrogens is 1. The molecule has 0 aliphatic rings. The maximum absolute atomic E-state index is 12.3. The van der Waals surface area contributed by atoms with Crippen LogP contribution in [0.4, 0.5) is 0 Å². The van der Waals surface area contributed by atoms with Crippen molar-refractivity contribution in [2.24, 2.45) is 7.05 Å². The van der Waals surface area contributed by atoms with Gasteiger partial charge in [0, 0.05) is 23.0 Å². The van der Waals surface area contributed by atoms with Crippen molar-refractivity contribution in [1.82, 2.24) is 4.57 Å². The third-order valence-electron chi connectivity index (χ3n) is 3.45. The molecule has 19 heavy (non-hydrogen) atoms. The molecule has 0 saturated carbocycles. The SMILES string of the molecule is Cc1c(CC(=O)O)c(=O)n(C)c2c(C)c(Cl)ccc12. The zero-order chi connectivity index (χ0) is 14.3. The van der Waals surface area contributed by atoms with E-state index in [0.29, 0.717) is 16.1 Å². The third-order valence-corrected chi connectivity index (χ3v) is 3.86. The van der Waals surface area contributed by atoms with Gasteiger partial charge in [0.15, 0.2) is 0 Å². The lowest BCUT2D eigenvalue weighted by Crippen LogP contribution is -2.25. The highest BCUT2D eigenvalue weighted by Gasteiger charge is 2.16. The number of aliphatic carboxylic acids is 1. The van der Waals surface area contributed by atoms with Gasteiger partial charge in [-0.3, -0.25) is 9.59 Å². The number of nitrogens with zero attached hydrogens (tertiary/aromatic N) is 1. The minimum atomic E-state index is -1.01. The van der Waals surface area contributed by atoms with Gasteiger partial charge in [-0.2, -0.15) is 0 Å². The number of carbonyl (C=O) groups is 1. The van der Waals surface area contributed by atoms with E-state index >= 15 is 0 Å². The molecule has 1 N–H and O–H groups in total. The molecule has 0 bridgehead atoms. The Morgan fingerprint density at radius 3 is 2.53 bits per heavy atom. The van der Waals surface area contributed by atoms with Gasteiger partial charge >= 0.3 is 5.97 Å². The highest BCUT2D eigenvalue weighted by molar-refractivity contribution is 6.32. The van der Waals surface area contributed by atoms with E-state index in [0.717, 1.165) is 16.5 Å². The van der Waals surface area contributed by atoms with Gasteiger partial charge in [-0.15, -0.1) is 0 Å². The number of halogens is 1. The first-order valence-electron chi connectivity index (χ1n) is 5.83. The summed E-state index contributed by atoms with van der Waals surface area (Å²) in [5.41, 5.74) is 2.33. The van der Waals surface area contributed by atoms with Gasteiger partial charge in [0.05, 0.1) is 11.9 Å². The van der Waals surface area contributed by atoms with Crippen molar-refractivity contribution in [1.29, 1.82) is 0 Å². The van der Waals surface area contributed by atoms with Gasteiger partial charge in [-0.25, -0.2) is 0 Å². The summed E-state index contributed by atoms with van der Waals surface area (Å²) in [5, 5.41) is 10.4. The fraction of sp³-hybridized carbons (Fsp3) is 0.286. The van der Waals surface area contributed by atoms with Crippen LogP contribution in [-0.2, 0) is 18.3 Å². The molecule has 0 amide bonds. The Labute approximate surface area is 115 Å². The highest BCUT2D eigenvalue weighted by atomic mass is 35.5. The fourth-order valence-corrected chi connectivity index (χ4v) is 2.55. The maximum Gasteiger partial charge on any atom is 0.308 e. The molecule has 5 heteroatoms. The summed E-state index contributed by atoms with van der Waals surface area (Å²) in [4.78, 5) is 23.1. The summed E-state index contributed by atoms with van der Waals surface area (Å²) in [6.07, 6.45) is -0.268. The van der Waals surface area contributed by atoms with Crippen molar-refractivity contribution < 1.29 is 9.90 Å². The highest BCUT2D eigenvalue weighted by Crippen LogP contribution is 2.27. The van der Waals surface area contributed by atoms with E-state index in [1.54, 1.807) is 20.0 Å². The number of carboxylic acid groups (broad SMARTS) is 1. The van der Waals surface area contributed by atoms with Gasteiger partial charge in [0.1, 0.15) is 0 Å². The molecule has 0 unspecified atom stereocenters. The van der Waals surface area contributed by atoms with E-state index in [-0.39, 0.29) is 12.0 Å². The molecule has 0 aliphatic carbocycles. The molecule has 0 radical (unpaired) electrons. The van der Waals surface area contributed by atoms with Gasteiger partial charge in [0.25, 0.3) is 5.56 Å². The molecule has 4 nitrogen and oxygen atoms in total. The van der Waals surface area contributed by atoms with Crippen LogP contribution in [0.1, 0.15) is 16.7 Å². The molecular weight excluding hydrogens is 266 g/mol. The van der Waals surface area contributed by atoms with Crippen LogP contribution in [0.2, 0.25) is 5.02 Å². The van der Waals surface area contributed by atoms with E-state index in [9.17, 15) is 9.59 Å². The van der Waals surface area contributed by atoms with E-state index in [2.05, 4.69) is 0 Å². The Balaban J connectivity index is 2.95. The minimum Gasteiger partial charge on any atom is -0.481 e. The molecule has 1 heterocycles. The van der Waals surface area contributed by atoms with Crippen LogP contribution in [0.15, 0.2) is 16.9 Å². The van der Waals surface area contributed by atoms with Crippen LogP contribution in [0.3, 0.4) is 0 Å². The van der Waals surface area contributed by atoms with Crippen molar-refractivity contribution in [2.75, 3.05) is 0 Å². The van der Waals surface area contributed by atoms with Crippen molar-refractivity contribution in [3.63, 3.8) is 0 Å². The number of carboxylic acids is 1. The quantitative estimate of drug-likeness (QED) is 0.918. The number of pyridine rings is 1. The van der Waals surface area contributed by atoms with Crippen LogP contribution in [0, 0.1) is 13.8 Å². The largest absolute Gasteiger partial charge is 0.481 e.